The third-order valence-electron chi connectivity index (χ3n) is 3.21. The number of aromatic amines is 1. The molecule has 2 N–H and O–H groups in total. The number of nitrogens with zero attached hydrogens (tertiary/aromatic N) is 1. The molecule has 0 saturated heterocycles. The van der Waals surface area contributed by atoms with Crippen molar-refractivity contribution in [1.29, 1.82) is 0 Å². The minimum atomic E-state index is -3.81. The molecule has 0 bridgehead atoms. The summed E-state index contributed by atoms with van der Waals surface area (Å²) in [6, 6.07) is 3.34. The Labute approximate surface area is 122 Å². The number of carboxylic acids is 1. The zero-order valence-corrected chi connectivity index (χ0v) is 12.7. The molecule has 2 aromatic rings. The van der Waals surface area contributed by atoms with Crippen LogP contribution in [0.15, 0.2) is 27.7 Å². The minimum Gasteiger partial charge on any atom is -0.477 e. The number of aromatic nitrogens is 1. The predicted molar refractivity (Wildman–Crippen MR) is 74.6 cm³/mol. The maximum atomic E-state index is 12.6. The third-order valence-corrected chi connectivity index (χ3v) is 5.29. The monoisotopic (exact) mass is 312 g/mol. The van der Waals surface area contributed by atoms with E-state index in [0.29, 0.717) is 11.5 Å². The highest BCUT2D eigenvalue weighted by atomic mass is 32.2. The van der Waals surface area contributed by atoms with Crippen molar-refractivity contribution in [2.75, 3.05) is 7.05 Å². The number of sulfonamides is 1. The van der Waals surface area contributed by atoms with Crippen molar-refractivity contribution in [2.24, 2.45) is 0 Å². The highest BCUT2D eigenvalue weighted by Crippen LogP contribution is 2.26. The van der Waals surface area contributed by atoms with E-state index in [1.54, 1.807) is 12.1 Å². The van der Waals surface area contributed by atoms with Crippen molar-refractivity contribution < 1.29 is 22.7 Å². The van der Waals surface area contributed by atoms with Crippen molar-refractivity contribution >= 4 is 16.0 Å². The van der Waals surface area contributed by atoms with E-state index in [1.165, 1.54) is 27.2 Å². The summed E-state index contributed by atoms with van der Waals surface area (Å²) in [5.41, 5.74) is 0.389. The molecule has 0 spiro atoms. The number of hydrogen-bond acceptors (Lipinski definition) is 4. The molecule has 8 heteroatoms. The number of hydrogen-bond donors (Lipinski definition) is 2. The van der Waals surface area contributed by atoms with Gasteiger partial charge in [-0.25, -0.2) is 13.2 Å². The molecule has 2 heterocycles. The van der Waals surface area contributed by atoms with Gasteiger partial charge in [-0.3, -0.25) is 0 Å². The number of aryl methyl sites for hydroxylation is 1. The van der Waals surface area contributed by atoms with Gasteiger partial charge in [-0.15, -0.1) is 0 Å². The normalized spacial score (nSPS) is 12.0. The molecular formula is C13H16N2O5S. The average Bonchev–Trinajstić information content (AvgIpc) is 2.97. The van der Waals surface area contributed by atoms with E-state index < -0.39 is 16.0 Å². The van der Waals surface area contributed by atoms with Gasteiger partial charge in [0.2, 0.25) is 10.0 Å². The minimum absolute atomic E-state index is 0.00560. The molecule has 0 aliphatic rings. The van der Waals surface area contributed by atoms with Crippen LogP contribution in [0.4, 0.5) is 0 Å². The van der Waals surface area contributed by atoms with Gasteiger partial charge in [0.25, 0.3) is 0 Å². The quantitative estimate of drug-likeness (QED) is 0.875. The fourth-order valence-electron chi connectivity index (χ4n) is 2.20. The maximum absolute atomic E-state index is 12.6. The zero-order valence-electron chi connectivity index (χ0n) is 11.9. The van der Waals surface area contributed by atoms with E-state index >= 15 is 0 Å². The van der Waals surface area contributed by atoms with Crippen LogP contribution in [-0.4, -0.2) is 35.8 Å². The Hall–Kier alpha value is -2.06. The van der Waals surface area contributed by atoms with Gasteiger partial charge in [-0.1, -0.05) is 0 Å². The first kappa shape index (κ1) is 15.3. The Bertz CT molecular complexity index is 759. The fraction of sp³-hybridized carbons (Fsp3) is 0.308. The first-order valence-electron chi connectivity index (χ1n) is 6.16. The summed E-state index contributed by atoms with van der Waals surface area (Å²) in [5, 5.41) is 9.06. The molecule has 0 radical (unpaired) electrons. The molecule has 0 aliphatic heterocycles. The molecule has 0 aliphatic carbocycles. The van der Waals surface area contributed by atoms with Crippen LogP contribution in [-0.2, 0) is 16.6 Å². The molecule has 0 fully saturated rings. The van der Waals surface area contributed by atoms with Crippen LogP contribution in [0.3, 0.4) is 0 Å². The summed E-state index contributed by atoms with van der Waals surface area (Å²) in [6.07, 6.45) is 1.46. The van der Waals surface area contributed by atoms with Crippen LogP contribution < -0.4 is 0 Å². The Morgan fingerprint density at radius 3 is 2.57 bits per heavy atom. The van der Waals surface area contributed by atoms with Gasteiger partial charge < -0.3 is 14.5 Å². The van der Waals surface area contributed by atoms with Crippen molar-refractivity contribution in [1.82, 2.24) is 9.29 Å². The number of nitrogens with one attached hydrogen (secondary N) is 1. The molecule has 0 aromatic carbocycles. The first-order valence-corrected chi connectivity index (χ1v) is 7.60. The van der Waals surface area contributed by atoms with Gasteiger partial charge >= 0.3 is 5.97 Å². The standard InChI is InChI=1S/C13H16N2O5S/c1-8-11(13(16)17)14-9(2)12(8)21(18,19)15(3)7-10-5-4-6-20-10/h4-6,14H,7H2,1-3H3,(H,16,17). The van der Waals surface area contributed by atoms with E-state index in [0.717, 1.165) is 4.31 Å². The van der Waals surface area contributed by atoms with E-state index in [1.807, 2.05) is 0 Å². The SMILES string of the molecule is Cc1[nH]c(C(=O)O)c(C)c1S(=O)(=O)N(C)Cc1ccco1. The largest absolute Gasteiger partial charge is 0.477 e. The van der Waals surface area contributed by atoms with Gasteiger partial charge in [0.05, 0.1) is 12.8 Å². The summed E-state index contributed by atoms with van der Waals surface area (Å²) in [4.78, 5) is 13.7. The average molecular weight is 312 g/mol. The molecule has 2 rings (SSSR count). The van der Waals surface area contributed by atoms with Crippen molar-refractivity contribution in [2.45, 2.75) is 25.3 Å². The van der Waals surface area contributed by atoms with Crippen LogP contribution in [0.5, 0.6) is 0 Å². The number of carboxylic acid groups (broad SMARTS) is 1. The number of H-pyrrole nitrogens is 1. The Morgan fingerprint density at radius 1 is 1.43 bits per heavy atom. The topological polar surface area (TPSA) is 104 Å². The van der Waals surface area contributed by atoms with Crippen molar-refractivity contribution in [3.63, 3.8) is 0 Å². The lowest BCUT2D eigenvalue weighted by Crippen LogP contribution is -2.27. The van der Waals surface area contributed by atoms with E-state index in [2.05, 4.69) is 4.98 Å². The van der Waals surface area contributed by atoms with Crippen molar-refractivity contribution in [3.05, 3.63) is 41.1 Å². The summed E-state index contributed by atoms with van der Waals surface area (Å²) in [6.45, 7) is 3.08. The smallest absolute Gasteiger partial charge is 0.352 e. The fourth-order valence-corrected chi connectivity index (χ4v) is 3.73. The predicted octanol–water partition coefficient (Wildman–Crippen LogP) is 1.74. The Morgan fingerprint density at radius 2 is 2.10 bits per heavy atom. The van der Waals surface area contributed by atoms with E-state index in [-0.39, 0.29) is 22.7 Å². The molecule has 0 saturated carbocycles. The second-order valence-electron chi connectivity index (χ2n) is 4.72. The molecule has 0 atom stereocenters. The molecule has 0 amide bonds. The zero-order chi connectivity index (χ0) is 15.8. The maximum Gasteiger partial charge on any atom is 0.352 e. The second-order valence-corrected chi connectivity index (χ2v) is 6.71. The van der Waals surface area contributed by atoms with Gasteiger partial charge in [0.15, 0.2) is 0 Å². The molecule has 7 nitrogen and oxygen atoms in total. The van der Waals surface area contributed by atoms with Crippen molar-refractivity contribution in [3.8, 4) is 0 Å². The van der Waals surface area contributed by atoms with Gasteiger partial charge in [0.1, 0.15) is 16.3 Å². The Kier molecular flexibility index (Phi) is 3.93. The van der Waals surface area contributed by atoms with Crippen LogP contribution in [0, 0.1) is 13.8 Å². The summed E-state index contributed by atoms with van der Waals surface area (Å²) in [7, 11) is -2.39. The summed E-state index contributed by atoms with van der Waals surface area (Å²) < 4.78 is 31.5. The van der Waals surface area contributed by atoms with Gasteiger partial charge in [-0.2, -0.15) is 4.31 Å². The lowest BCUT2D eigenvalue weighted by Gasteiger charge is -2.16. The molecule has 114 valence electrons. The molecular weight excluding hydrogens is 296 g/mol. The number of rotatable bonds is 5. The second kappa shape index (κ2) is 5.38. The van der Waals surface area contributed by atoms with Crippen LogP contribution in [0.2, 0.25) is 0 Å². The van der Waals surface area contributed by atoms with Gasteiger partial charge in [0, 0.05) is 18.3 Å². The molecule has 21 heavy (non-hydrogen) atoms. The molecule has 0 unspecified atom stereocenters. The van der Waals surface area contributed by atoms with E-state index in [9.17, 15) is 13.2 Å². The first-order chi connectivity index (χ1) is 9.75. The highest BCUT2D eigenvalue weighted by Gasteiger charge is 2.30. The summed E-state index contributed by atoms with van der Waals surface area (Å²) in [5.74, 6) is -0.684. The molecule has 2 aromatic heterocycles. The highest BCUT2D eigenvalue weighted by molar-refractivity contribution is 7.89. The van der Waals surface area contributed by atoms with E-state index in [4.69, 9.17) is 9.52 Å². The van der Waals surface area contributed by atoms with Gasteiger partial charge in [-0.05, 0) is 26.0 Å². The lowest BCUT2D eigenvalue weighted by atomic mass is 10.2. The van der Waals surface area contributed by atoms with Crippen LogP contribution in [0.1, 0.15) is 27.5 Å². The lowest BCUT2D eigenvalue weighted by molar-refractivity contribution is 0.0690. The summed E-state index contributed by atoms with van der Waals surface area (Å²) >= 11 is 0. The number of furan rings is 1. The number of aromatic carboxylic acids is 1. The number of carbonyl (C=O) groups is 1. The third kappa shape index (κ3) is 2.72. The van der Waals surface area contributed by atoms with Crippen LogP contribution >= 0.6 is 0 Å². The Balaban J connectivity index is 2.42. The van der Waals surface area contributed by atoms with Crippen LogP contribution in [0.25, 0.3) is 0 Å².